The molecule has 1 unspecified atom stereocenters. The number of aromatic nitrogens is 1. The number of aliphatic carboxylic acids is 1. The molecule has 20 heavy (non-hydrogen) atoms. The van der Waals surface area contributed by atoms with Crippen LogP contribution in [-0.2, 0) is 9.59 Å². The van der Waals surface area contributed by atoms with E-state index in [-0.39, 0.29) is 18.8 Å². The van der Waals surface area contributed by atoms with E-state index < -0.39 is 30.2 Å². The second-order valence-corrected chi connectivity index (χ2v) is 4.70. The van der Waals surface area contributed by atoms with Crippen LogP contribution in [0.2, 0.25) is 5.02 Å². The summed E-state index contributed by atoms with van der Waals surface area (Å²) in [6.07, 6.45) is 0.934. The van der Waals surface area contributed by atoms with E-state index in [1.165, 1.54) is 23.2 Å². The summed E-state index contributed by atoms with van der Waals surface area (Å²) in [6, 6.07) is 1.87. The molecule has 2 amide bonds. The van der Waals surface area contributed by atoms with Crippen molar-refractivity contribution in [2.75, 3.05) is 13.1 Å². The van der Waals surface area contributed by atoms with E-state index in [1.54, 1.807) is 0 Å². The molecule has 0 radical (unpaired) electrons. The van der Waals surface area contributed by atoms with E-state index >= 15 is 0 Å². The second kappa shape index (κ2) is 5.87. The molecule has 1 aromatic heterocycles. The van der Waals surface area contributed by atoms with Crippen LogP contribution in [0.25, 0.3) is 0 Å². The number of carboxylic acids is 1. The van der Waals surface area contributed by atoms with Gasteiger partial charge in [0.2, 0.25) is 5.91 Å². The minimum absolute atomic E-state index is 0.0857. The molecular weight excluding hydrogens is 286 g/mol. The van der Waals surface area contributed by atoms with Crippen molar-refractivity contribution in [2.45, 2.75) is 12.5 Å². The fourth-order valence-corrected chi connectivity index (χ4v) is 2.15. The van der Waals surface area contributed by atoms with Gasteiger partial charge in [0, 0.05) is 24.3 Å². The Balaban J connectivity index is 2.25. The highest BCUT2D eigenvalue weighted by Gasteiger charge is 2.35. The Bertz CT molecular complexity index is 563. The van der Waals surface area contributed by atoms with Crippen LogP contribution in [0.3, 0.4) is 0 Å². The molecular formula is C12H12ClN3O4. The summed E-state index contributed by atoms with van der Waals surface area (Å²) in [5, 5.41) is 11.7. The first-order valence-electron chi connectivity index (χ1n) is 5.91. The summed E-state index contributed by atoms with van der Waals surface area (Å²) in [7, 11) is 0. The molecule has 2 rings (SSSR count). The minimum atomic E-state index is -1.15. The lowest BCUT2D eigenvalue weighted by atomic mass is 10.1. The Kier molecular flexibility index (Phi) is 4.19. The van der Waals surface area contributed by atoms with Crippen molar-refractivity contribution in [3.63, 3.8) is 0 Å². The lowest BCUT2D eigenvalue weighted by Crippen LogP contribution is -2.57. The summed E-state index contributed by atoms with van der Waals surface area (Å²) in [5.74, 6) is -2.13. The van der Waals surface area contributed by atoms with E-state index in [0.29, 0.717) is 5.02 Å². The third-order valence-electron chi connectivity index (χ3n) is 2.90. The number of amides is 2. The number of carbonyl (C=O) groups excluding carboxylic acids is 2. The van der Waals surface area contributed by atoms with Crippen LogP contribution >= 0.6 is 11.6 Å². The molecule has 2 heterocycles. The molecule has 1 saturated heterocycles. The van der Waals surface area contributed by atoms with Crippen molar-refractivity contribution in [1.82, 2.24) is 15.2 Å². The van der Waals surface area contributed by atoms with Gasteiger partial charge >= 0.3 is 5.97 Å². The lowest BCUT2D eigenvalue weighted by molar-refractivity contribution is -0.142. The maximum absolute atomic E-state index is 12.3. The molecule has 0 aromatic carbocycles. The fraction of sp³-hybridized carbons (Fsp3) is 0.333. The molecule has 0 bridgehead atoms. The predicted molar refractivity (Wildman–Crippen MR) is 69.3 cm³/mol. The summed E-state index contributed by atoms with van der Waals surface area (Å²) >= 11 is 5.79. The largest absolute Gasteiger partial charge is 0.481 e. The van der Waals surface area contributed by atoms with Gasteiger partial charge in [-0.2, -0.15) is 0 Å². The number of piperazine rings is 1. The van der Waals surface area contributed by atoms with Gasteiger partial charge in [-0.3, -0.25) is 19.4 Å². The van der Waals surface area contributed by atoms with E-state index in [1.807, 2.05) is 0 Å². The van der Waals surface area contributed by atoms with Crippen molar-refractivity contribution in [3.8, 4) is 0 Å². The molecule has 0 saturated carbocycles. The Hall–Kier alpha value is -2.15. The van der Waals surface area contributed by atoms with Gasteiger partial charge in [0.05, 0.1) is 6.42 Å². The summed E-state index contributed by atoms with van der Waals surface area (Å²) in [5.41, 5.74) is 0.0857. The van der Waals surface area contributed by atoms with Crippen LogP contribution in [0.4, 0.5) is 0 Å². The first-order valence-corrected chi connectivity index (χ1v) is 6.29. The third kappa shape index (κ3) is 3.05. The smallest absolute Gasteiger partial charge is 0.305 e. The fourth-order valence-electron chi connectivity index (χ4n) is 1.99. The standard InChI is InChI=1S/C12H12ClN3O4/c13-7-1-2-14-8(5-7)12(20)16-4-3-15-11(19)9(16)6-10(17)18/h1-2,5,9H,3-4,6H2,(H,15,19)(H,17,18). The number of nitrogens with zero attached hydrogens (tertiary/aromatic N) is 2. The Morgan fingerprint density at radius 3 is 2.95 bits per heavy atom. The van der Waals surface area contributed by atoms with Crippen molar-refractivity contribution in [2.24, 2.45) is 0 Å². The molecule has 1 aromatic rings. The molecule has 8 heteroatoms. The van der Waals surface area contributed by atoms with E-state index in [9.17, 15) is 14.4 Å². The molecule has 0 spiro atoms. The number of carboxylic acid groups (broad SMARTS) is 1. The number of nitrogens with one attached hydrogen (secondary N) is 1. The van der Waals surface area contributed by atoms with Crippen molar-refractivity contribution in [1.29, 1.82) is 0 Å². The summed E-state index contributed by atoms with van der Waals surface area (Å²) in [4.78, 5) is 40.0. The van der Waals surface area contributed by atoms with Gasteiger partial charge in [-0.1, -0.05) is 11.6 Å². The number of halogens is 1. The quantitative estimate of drug-likeness (QED) is 0.827. The number of rotatable bonds is 3. The SMILES string of the molecule is O=C(O)CC1C(=O)NCCN1C(=O)c1cc(Cl)ccn1. The van der Waals surface area contributed by atoms with Gasteiger partial charge in [-0.15, -0.1) is 0 Å². The lowest BCUT2D eigenvalue weighted by Gasteiger charge is -2.34. The van der Waals surface area contributed by atoms with Gasteiger partial charge < -0.3 is 15.3 Å². The van der Waals surface area contributed by atoms with Crippen LogP contribution in [0.15, 0.2) is 18.3 Å². The zero-order chi connectivity index (χ0) is 14.7. The van der Waals surface area contributed by atoms with Crippen LogP contribution < -0.4 is 5.32 Å². The maximum Gasteiger partial charge on any atom is 0.305 e. The maximum atomic E-state index is 12.3. The number of pyridine rings is 1. The van der Waals surface area contributed by atoms with Gasteiger partial charge in [-0.05, 0) is 12.1 Å². The zero-order valence-corrected chi connectivity index (χ0v) is 11.1. The minimum Gasteiger partial charge on any atom is -0.481 e. The molecule has 1 aliphatic rings. The molecule has 1 atom stereocenters. The van der Waals surface area contributed by atoms with Crippen LogP contribution in [0.1, 0.15) is 16.9 Å². The van der Waals surface area contributed by atoms with Gasteiger partial charge in [0.25, 0.3) is 5.91 Å². The van der Waals surface area contributed by atoms with Crippen LogP contribution in [0, 0.1) is 0 Å². The molecule has 106 valence electrons. The highest BCUT2D eigenvalue weighted by atomic mass is 35.5. The summed E-state index contributed by atoms with van der Waals surface area (Å²) in [6.45, 7) is 0.512. The van der Waals surface area contributed by atoms with E-state index in [0.717, 1.165) is 0 Å². The molecule has 0 aliphatic carbocycles. The highest BCUT2D eigenvalue weighted by molar-refractivity contribution is 6.30. The number of carbonyl (C=O) groups is 3. The average Bonchev–Trinajstić information content (AvgIpc) is 2.40. The average molecular weight is 298 g/mol. The highest BCUT2D eigenvalue weighted by Crippen LogP contribution is 2.15. The molecule has 7 nitrogen and oxygen atoms in total. The van der Waals surface area contributed by atoms with Gasteiger partial charge in [0.15, 0.2) is 0 Å². The molecule has 1 aliphatic heterocycles. The summed E-state index contributed by atoms with van der Waals surface area (Å²) < 4.78 is 0. The third-order valence-corrected chi connectivity index (χ3v) is 3.14. The van der Waals surface area contributed by atoms with Gasteiger partial charge in [0.1, 0.15) is 11.7 Å². The predicted octanol–water partition coefficient (Wildman–Crippen LogP) is 0.150. The Morgan fingerprint density at radius 2 is 2.30 bits per heavy atom. The molecule has 2 N–H and O–H groups in total. The monoisotopic (exact) mass is 297 g/mol. The number of hydrogen-bond acceptors (Lipinski definition) is 4. The normalized spacial score (nSPS) is 18.6. The number of hydrogen-bond donors (Lipinski definition) is 2. The first kappa shape index (κ1) is 14.3. The van der Waals surface area contributed by atoms with Gasteiger partial charge in [-0.25, -0.2) is 0 Å². The van der Waals surface area contributed by atoms with Crippen molar-refractivity contribution in [3.05, 3.63) is 29.0 Å². The van der Waals surface area contributed by atoms with E-state index in [4.69, 9.17) is 16.7 Å². The van der Waals surface area contributed by atoms with Crippen LogP contribution in [0.5, 0.6) is 0 Å². The topological polar surface area (TPSA) is 99.6 Å². The Morgan fingerprint density at radius 1 is 1.55 bits per heavy atom. The zero-order valence-electron chi connectivity index (χ0n) is 10.4. The Labute approximate surface area is 119 Å². The second-order valence-electron chi connectivity index (χ2n) is 4.26. The first-order chi connectivity index (χ1) is 9.49. The van der Waals surface area contributed by atoms with E-state index in [2.05, 4.69) is 10.3 Å². The van der Waals surface area contributed by atoms with Crippen molar-refractivity contribution >= 4 is 29.4 Å². The van der Waals surface area contributed by atoms with Crippen LogP contribution in [-0.4, -0.2) is 51.9 Å². The molecule has 1 fully saturated rings. The van der Waals surface area contributed by atoms with Crippen molar-refractivity contribution < 1.29 is 19.5 Å².